The lowest BCUT2D eigenvalue weighted by Gasteiger charge is -2.25. The highest BCUT2D eigenvalue weighted by Crippen LogP contribution is 2.45. The van der Waals surface area contributed by atoms with Gasteiger partial charge in [0.15, 0.2) is 0 Å². The van der Waals surface area contributed by atoms with Crippen LogP contribution in [0.5, 0.6) is 5.75 Å². The highest BCUT2D eigenvalue weighted by atomic mass is 35.5. The third-order valence-corrected chi connectivity index (χ3v) is 6.53. The fraction of sp³-hybridized carbons (Fsp3) is 0.143. The maximum absolute atomic E-state index is 13.5. The molecule has 1 unspecified atom stereocenters. The second kappa shape index (κ2) is 8.96. The SMILES string of the molecule is CCOc1ccc(Cl)c(/C(O)=C2\C(=O)C(=O)N(c3ccccc3)C2c2cn(C)c3ccccc23)c1. The summed E-state index contributed by atoms with van der Waals surface area (Å²) in [7, 11) is 1.91. The lowest BCUT2D eigenvalue weighted by molar-refractivity contribution is -0.132. The number of para-hydroxylation sites is 2. The molecule has 7 heteroatoms. The number of aromatic nitrogens is 1. The molecule has 1 amide bonds. The summed E-state index contributed by atoms with van der Waals surface area (Å²) in [6.07, 6.45) is 1.89. The molecule has 2 heterocycles. The molecule has 1 atom stereocenters. The summed E-state index contributed by atoms with van der Waals surface area (Å²) in [4.78, 5) is 28.3. The highest BCUT2D eigenvalue weighted by Gasteiger charge is 2.48. The fourth-order valence-corrected chi connectivity index (χ4v) is 4.87. The number of nitrogens with zero attached hydrogens (tertiary/aromatic N) is 2. The molecule has 3 aromatic carbocycles. The van der Waals surface area contributed by atoms with Gasteiger partial charge in [0.2, 0.25) is 0 Å². The number of aliphatic hydroxyl groups is 1. The van der Waals surface area contributed by atoms with Gasteiger partial charge in [0.25, 0.3) is 11.7 Å². The van der Waals surface area contributed by atoms with Gasteiger partial charge in [-0.3, -0.25) is 14.5 Å². The largest absolute Gasteiger partial charge is 0.507 e. The zero-order valence-electron chi connectivity index (χ0n) is 19.2. The number of Topliss-reactive ketones (excluding diaryl/α,β-unsaturated/α-hetero) is 1. The molecule has 176 valence electrons. The van der Waals surface area contributed by atoms with Gasteiger partial charge in [-0.2, -0.15) is 0 Å². The van der Waals surface area contributed by atoms with Crippen LogP contribution >= 0.6 is 11.6 Å². The van der Waals surface area contributed by atoms with E-state index in [1.807, 2.05) is 55.1 Å². The van der Waals surface area contributed by atoms with E-state index in [1.54, 1.807) is 42.5 Å². The van der Waals surface area contributed by atoms with E-state index in [0.717, 1.165) is 16.5 Å². The molecule has 0 aliphatic carbocycles. The predicted molar refractivity (Wildman–Crippen MR) is 137 cm³/mol. The van der Waals surface area contributed by atoms with E-state index in [4.69, 9.17) is 16.3 Å². The number of anilines is 1. The van der Waals surface area contributed by atoms with Gasteiger partial charge >= 0.3 is 0 Å². The number of fused-ring (bicyclic) bond motifs is 1. The number of amides is 1. The van der Waals surface area contributed by atoms with Crippen LogP contribution in [0.25, 0.3) is 16.7 Å². The molecule has 0 spiro atoms. The Balaban J connectivity index is 1.80. The first-order valence-electron chi connectivity index (χ1n) is 11.2. The first kappa shape index (κ1) is 22.7. The third-order valence-electron chi connectivity index (χ3n) is 6.21. The molecule has 1 fully saturated rings. The Morgan fingerprint density at radius 3 is 2.49 bits per heavy atom. The number of benzene rings is 3. The average Bonchev–Trinajstić information content (AvgIpc) is 3.34. The van der Waals surface area contributed by atoms with Crippen molar-refractivity contribution in [1.29, 1.82) is 0 Å². The molecule has 4 aromatic rings. The van der Waals surface area contributed by atoms with Crippen LogP contribution in [-0.4, -0.2) is 28.0 Å². The number of ketones is 1. The van der Waals surface area contributed by atoms with Crippen LogP contribution < -0.4 is 9.64 Å². The maximum atomic E-state index is 13.5. The number of halogens is 1. The average molecular weight is 487 g/mol. The molecule has 1 aromatic heterocycles. The lowest BCUT2D eigenvalue weighted by atomic mass is 9.94. The van der Waals surface area contributed by atoms with Gasteiger partial charge in [0.05, 0.1) is 23.2 Å². The van der Waals surface area contributed by atoms with Crippen LogP contribution in [0.4, 0.5) is 5.69 Å². The lowest BCUT2D eigenvalue weighted by Crippen LogP contribution is -2.29. The molecule has 1 aliphatic heterocycles. The van der Waals surface area contributed by atoms with Crippen molar-refractivity contribution in [2.24, 2.45) is 7.05 Å². The minimum absolute atomic E-state index is 0.0224. The number of aryl methyl sites for hydroxylation is 1. The van der Waals surface area contributed by atoms with Crippen molar-refractivity contribution < 1.29 is 19.4 Å². The Morgan fingerprint density at radius 2 is 1.74 bits per heavy atom. The minimum Gasteiger partial charge on any atom is -0.507 e. The van der Waals surface area contributed by atoms with Crippen LogP contribution in [0.2, 0.25) is 5.02 Å². The monoisotopic (exact) mass is 486 g/mol. The summed E-state index contributed by atoms with van der Waals surface area (Å²) < 4.78 is 7.51. The Labute approximate surface area is 207 Å². The summed E-state index contributed by atoms with van der Waals surface area (Å²) in [5.74, 6) is -1.33. The number of hydrogen-bond donors (Lipinski definition) is 1. The molecule has 1 aliphatic rings. The zero-order valence-corrected chi connectivity index (χ0v) is 20.0. The number of rotatable bonds is 5. The van der Waals surface area contributed by atoms with E-state index in [0.29, 0.717) is 18.0 Å². The number of aliphatic hydroxyl groups excluding tert-OH is 1. The molecular formula is C28H23ClN2O4. The van der Waals surface area contributed by atoms with Gasteiger partial charge < -0.3 is 14.4 Å². The van der Waals surface area contributed by atoms with Crippen molar-refractivity contribution in [3.8, 4) is 5.75 Å². The number of hydrogen-bond acceptors (Lipinski definition) is 4. The number of ether oxygens (including phenoxy) is 1. The second-order valence-electron chi connectivity index (χ2n) is 8.29. The maximum Gasteiger partial charge on any atom is 0.300 e. The van der Waals surface area contributed by atoms with Crippen LogP contribution in [0.15, 0.2) is 84.6 Å². The summed E-state index contributed by atoms with van der Waals surface area (Å²) in [6.45, 7) is 2.27. The van der Waals surface area contributed by atoms with Gasteiger partial charge in [-0.05, 0) is 43.3 Å². The van der Waals surface area contributed by atoms with Crippen molar-refractivity contribution in [2.45, 2.75) is 13.0 Å². The molecule has 1 saturated heterocycles. The number of carbonyl (C=O) groups excluding carboxylic acids is 2. The smallest absolute Gasteiger partial charge is 0.300 e. The fourth-order valence-electron chi connectivity index (χ4n) is 4.66. The minimum atomic E-state index is -0.852. The highest BCUT2D eigenvalue weighted by molar-refractivity contribution is 6.52. The van der Waals surface area contributed by atoms with Crippen molar-refractivity contribution in [3.05, 3.63) is 101 Å². The summed E-state index contributed by atoms with van der Waals surface area (Å²) in [5.41, 5.74) is 2.43. The summed E-state index contributed by atoms with van der Waals surface area (Å²) >= 11 is 6.44. The summed E-state index contributed by atoms with van der Waals surface area (Å²) in [5, 5.41) is 12.6. The van der Waals surface area contributed by atoms with E-state index in [9.17, 15) is 14.7 Å². The van der Waals surface area contributed by atoms with Crippen LogP contribution in [0, 0.1) is 0 Å². The van der Waals surface area contributed by atoms with Crippen molar-refractivity contribution in [1.82, 2.24) is 4.57 Å². The van der Waals surface area contributed by atoms with Crippen LogP contribution in [-0.2, 0) is 16.6 Å². The quantitative estimate of drug-likeness (QED) is 0.218. The van der Waals surface area contributed by atoms with Crippen molar-refractivity contribution in [3.63, 3.8) is 0 Å². The van der Waals surface area contributed by atoms with Crippen LogP contribution in [0.1, 0.15) is 24.1 Å². The molecule has 0 saturated carbocycles. The van der Waals surface area contributed by atoms with Gasteiger partial charge in [-0.1, -0.05) is 48.0 Å². The van der Waals surface area contributed by atoms with Crippen LogP contribution in [0.3, 0.4) is 0 Å². The predicted octanol–water partition coefficient (Wildman–Crippen LogP) is 5.86. The van der Waals surface area contributed by atoms with Gasteiger partial charge in [0.1, 0.15) is 11.5 Å². The summed E-state index contributed by atoms with van der Waals surface area (Å²) in [6, 6.07) is 20.7. The first-order chi connectivity index (χ1) is 16.9. The third kappa shape index (κ3) is 3.76. The van der Waals surface area contributed by atoms with Crippen molar-refractivity contribution >= 4 is 45.6 Å². The molecule has 5 rings (SSSR count). The molecule has 35 heavy (non-hydrogen) atoms. The van der Waals surface area contributed by atoms with E-state index in [1.165, 1.54) is 4.90 Å². The second-order valence-corrected chi connectivity index (χ2v) is 8.70. The topological polar surface area (TPSA) is 71.8 Å². The van der Waals surface area contributed by atoms with E-state index in [-0.39, 0.29) is 21.9 Å². The van der Waals surface area contributed by atoms with Gasteiger partial charge in [-0.25, -0.2) is 0 Å². The Bertz CT molecular complexity index is 1490. The van der Waals surface area contributed by atoms with E-state index in [2.05, 4.69) is 0 Å². The Hall–Kier alpha value is -4.03. The normalized spacial score (nSPS) is 17.3. The van der Waals surface area contributed by atoms with Gasteiger partial charge in [0, 0.05) is 41.0 Å². The van der Waals surface area contributed by atoms with Gasteiger partial charge in [-0.15, -0.1) is 0 Å². The Morgan fingerprint density at radius 1 is 1.03 bits per heavy atom. The zero-order chi connectivity index (χ0) is 24.7. The molecule has 6 nitrogen and oxygen atoms in total. The number of carbonyl (C=O) groups is 2. The molecular weight excluding hydrogens is 464 g/mol. The first-order valence-corrected chi connectivity index (χ1v) is 11.6. The molecule has 0 bridgehead atoms. The van der Waals surface area contributed by atoms with E-state index >= 15 is 0 Å². The molecule has 1 N–H and O–H groups in total. The molecule has 0 radical (unpaired) electrons. The standard InChI is InChI=1S/C28H23ClN2O4/c1-3-35-18-13-14-22(29)20(15-18)26(32)24-25(21-16-30(2)23-12-8-7-11-19(21)23)31(28(34)27(24)33)17-9-5-4-6-10-17/h4-16,25,32H,3H2,1-2H3/b26-24+. The van der Waals surface area contributed by atoms with E-state index < -0.39 is 17.7 Å². The van der Waals surface area contributed by atoms with Crippen molar-refractivity contribution in [2.75, 3.05) is 11.5 Å². The Kier molecular flexibility index (Phi) is 5.83.